The minimum absolute atomic E-state index is 0.231. The van der Waals surface area contributed by atoms with E-state index in [0.717, 1.165) is 5.01 Å². The maximum absolute atomic E-state index is 11.8. The van der Waals surface area contributed by atoms with Gasteiger partial charge >= 0.3 is 0 Å². The fraction of sp³-hybridized carbons (Fsp3) is 0.250. The molecule has 0 saturated carbocycles. The Labute approximate surface area is 89.8 Å². The largest absolute Gasteiger partial charge is 0.325 e. The maximum Gasteiger partial charge on any atom is 0.249 e. The third-order valence-electron chi connectivity index (χ3n) is 1.87. The fourth-order valence-corrected chi connectivity index (χ4v) is 1.78. The molecule has 15 heavy (non-hydrogen) atoms. The van der Waals surface area contributed by atoms with Crippen molar-refractivity contribution < 1.29 is 4.79 Å². The summed E-state index contributed by atoms with van der Waals surface area (Å²) in [4.78, 5) is 19.8. The molecule has 0 atom stereocenters. The lowest BCUT2D eigenvalue weighted by Gasteiger charge is -1.95. The van der Waals surface area contributed by atoms with Crippen molar-refractivity contribution in [2.45, 2.75) is 6.54 Å². The maximum atomic E-state index is 11.8. The second-order valence-corrected chi connectivity index (χ2v) is 3.81. The van der Waals surface area contributed by atoms with Crippen LogP contribution in [-0.4, -0.2) is 25.5 Å². The van der Waals surface area contributed by atoms with Crippen molar-refractivity contribution in [3.05, 3.63) is 28.2 Å². The van der Waals surface area contributed by atoms with Gasteiger partial charge in [0.2, 0.25) is 11.6 Å². The van der Waals surface area contributed by atoms with Gasteiger partial charge in [-0.25, -0.2) is 14.6 Å². The number of aromatic nitrogens is 4. The van der Waals surface area contributed by atoms with E-state index in [1.54, 1.807) is 12.4 Å². The first-order valence-corrected chi connectivity index (χ1v) is 5.13. The highest BCUT2D eigenvalue weighted by atomic mass is 32.1. The molecule has 0 unspecified atom stereocenters. The molecule has 0 spiro atoms. The molecule has 2 heterocycles. The lowest BCUT2D eigenvalue weighted by molar-refractivity contribution is 0.102. The van der Waals surface area contributed by atoms with Crippen LogP contribution < -0.4 is 5.73 Å². The van der Waals surface area contributed by atoms with Crippen molar-refractivity contribution in [1.82, 2.24) is 19.7 Å². The van der Waals surface area contributed by atoms with Crippen LogP contribution in [0.4, 0.5) is 0 Å². The van der Waals surface area contributed by atoms with E-state index in [9.17, 15) is 4.79 Å². The summed E-state index contributed by atoms with van der Waals surface area (Å²) in [5.41, 5.74) is 5.79. The van der Waals surface area contributed by atoms with Gasteiger partial charge in [0.25, 0.3) is 0 Å². The molecule has 0 amide bonds. The number of carbonyl (C=O) groups excluding carboxylic acids is 1. The van der Waals surface area contributed by atoms with Crippen LogP contribution in [0.3, 0.4) is 0 Å². The number of ketones is 1. The average molecular weight is 223 g/mol. The number of nitrogens with zero attached hydrogens (tertiary/aromatic N) is 4. The van der Waals surface area contributed by atoms with Crippen LogP contribution in [0.2, 0.25) is 0 Å². The SMILES string of the molecule is Cn1ncnc1C(=O)c1csc(CN)n1. The van der Waals surface area contributed by atoms with Crippen LogP contribution in [0.1, 0.15) is 21.3 Å². The molecular weight excluding hydrogens is 214 g/mol. The van der Waals surface area contributed by atoms with E-state index in [-0.39, 0.29) is 11.6 Å². The Kier molecular flexibility index (Phi) is 2.57. The van der Waals surface area contributed by atoms with Gasteiger partial charge in [-0.1, -0.05) is 0 Å². The first-order chi connectivity index (χ1) is 7.22. The van der Waals surface area contributed by atoms with Crippen molar-refractivity contribution in [1.29, 1.82) is 0 Å². The predicted octanol–water partition coefficient (Wildman–Crippen LogP) is -0.0387. The Morgan fingerprint density at radius 3 is 3.00 bits per heavy atom. The first kappa shape index (κ1) is 9.94. The van der Waals surface area contributed by atoms with Crippen LogP contribution in [0.5, 0.6) is 0 Å². The zero-order valence-electron chi connectivity index (χ0n) is 8.04. The number of carbonyl (C=O) groups is 1. The second-order valence-electron chi connectivity index (χ2n) is 2.87. The highest BCUT2D eigenvalue weighted by Gasteiger charge is 2.17. The molecule has 2 aromatic rings. The molecule has 0 fully saturated rings. The van der Waals surface area contributed by atoms with E-state index in [1.165, 1.54) is 22.3 Å². The van der Waals surface area contributed by atoms with Gasteiger partial charge < -0.3 is 5.73 Å². The zero-order chi connectivity index (χ0) is 10.8. The number of aryl methyl sites for hydroxylation is 1. The summed E-state index contributed by atoms with van der Waals surface area (Å²) in [6.07, 6.45) is 1.34. The van der Waals surface area contributed by atoms with Crippen LogP contribution in [0.25, 0.3) is 0 Å². The Bertz CT molecular complexity index is 489. The minimum Gasteiger partial charge on any atom is -0.325 e. The van der Waals surface area contributed by atoms with Gasteiger partial charge in [-0.05, 0) is 0 Å². The normalized spacial score (nSPS) is 10.5. The quantitative estimate of drug-likeness (QED) is 0.738. The smallest absolute Gasteiger partial charge is 0.249 e. The molecule has 2 N–H and O–H groups in total. The van der Waals surface area contributed by atoms with Gasteiger partial charge in [-0.15, -0.1) is 11.3 Å². The van der Waals surface area contributed by atoms with Crippen molar-refractivity contribution >= 4 is 17.1 Å². The van der Waals surface area contributed by atoms with E-state index in [4.69, 9.17) is 5.73 Å². The zero-order valence-corrected chi connectivity index (χ0v) is 8.86. The molecule has 0 aliphatic rings. The summed E-state index contributed by atoms with van der Waals surface area (Å²) < 4.78 is 1.42. The molecule has 0 radical (unpaired) electrons. The van der Waals surface area contributed by atoms with Gasteiger partial charge in [-0.3, -0.25) is 4.79 Å². The average Bonchev–Trinajstić information content (AvgIpc) is 2.84. The molecule has 6 nitrogen and oxygen atoms in total. The van der Waals surface area contributed by atoms with Crippen LogP contribution in [-0.2, 0) is 13.6 Å². The molecular formula is C8H9N5OS. The summed E-state index contributed by atoms with van der Waals surface area (Å²) >= 11 is 1.37. The Morgan fingerprint density at radius 2 is 2.47 bits per heavy atom. The highest BCUT2D eigenvalue weighted by Crippen LogP contribution is 2.11. The van der Waals surface area contributed by atoms with Gasteiger partial charge in [0.15, 0.2) is 0 Å². The van der Waals surface area contributed by atoms with Crippen LogP contribution in [0, 0.1) is 0 Å². The lowest BCUT2D eigenvalue weighted by atomic mass is 10.3. The molecule has 2 rings (SSSR count). The van der Waals surface area contributed by atoms with Crippen molar-refractivity contribution in [3.8, 4) is 0 Å². The van der Waals surface area contributed by atoms with Crippen molar-refractivity contribution in [2.75, 3.05) is 0 Å². The molecule has 2 aromatic heterocycles. The number of hydrogen-bond acceptors (Lipinski definition) is 6. The minimum atomic E-state index is -0.231. The molecule has 0 aromatic carbocycles. The van der Waals surface area contributed by atoms with E-state index in [0.29, 0.717) is 12.2 Å². The fourth-order valence-electron chi connectivity index (χ4n) is 1.13. The third-order valence-corrected chi connectivity index (χ3v) is 2.74. The summed E-state index contributed by atoms with van der Waals surface area (Å²) in [7, 11) is 1.66. The van der Waals surface area contributed by atoms with E-state index in [1.807, 2.05) is 0 Å². The van der Waals surface area contributed by atoms with Gasteiger partial charge in [-0.2, -0.15) is 5.10 Å². The Morgan fingerprint density at radius 1 is 1.67 bits per heavy atom. The topological polar surface area (TPSA) is 86.7 Å². The highest BCUT2D eigenvalue weighted by molar-refractivity contribution is 7.09. The molecule has 0 bridgehead atoms. The summed E-state index contributed by atoms with van der Waals surface area (Å²) in [5.74, 6) is 0.0508. The van der Waals surface area contributed by atoms with Crippen molar-refractivity contribution in [3.63, 3.8) is 0 Å². The van der Waals surface area contributed by atoms with Gasteiger partial charge in [0.1, 0.15) is 17.0 Å². The Hall–Kier alpha value is -1.60. The Balaban J connectivity index is 2.32. The predicted molar refractivity (Wildman–Crippen MR) is 54.4 cm³/mol. The summed E-state index contributed by atoms with van der Waals surface area (Å²) in [5, 5.41) is 6.24. The standard InChI is InChI=1S/C8H9N5OS/c1-13-8(10-4-11-13)7(14)5-3-15-6(2-9)12-5/h3-4H,2,9H2,1H3. The van der Waals surface area contributed by atoms with Crippen LogP contribution >= 0.6 is 11.3 Å². The van der Waals surface area contributed by atoms with Gasteiger partial charge in [0.05, 0.1) is 0 Å². The van der Waals surface area contributed by atoms with Gasteiger partial charge in [0, 0.05) is 19.0 Å². The van der Waals surface area contributed by atoms with Crippen LogP contribution in [0.15, 0.2) is 11.7 Å². The monoisotopic (exact) mass is 223 g/mol. The molecule has 78 valence electrons. The van der Waals surface area contributed by atoms with E-state index < -0.39 is 0 Å². The molecule has 0 saturated heterocycles. The lowest BCUT2D eigenvalue weighted by Crippen LogP contribution is -2.10. The van der Waals surface area contributed by atoms with Crippen molar-refractivity contribution in [2.24, 2.45) is 12.8 Å². The number of nitrogens with two attached hydrogens (primary N) is 1. The second kappa shape index (κ2) is 3.87. The van der Waals surface area contributed by atoms with E-state index in [2.05, 4.69) is 15.1 Å². The number of rotatable bonds is 3. The number of thiazole rings is 1. The summed E-state index contributed by atoms with van der Waals surface area (Å²) in [6.45, 7) is 0.344. The summed E-state index contributed by atoms with van der Waals surface area (Å²) in [6, 6.07) is 0. The number of hydrogen-bond donors (Lipinski definition) is 1. The molecule has 7 heteroatoms. The third kappa shape index (κ3) is 1.79. The first-order valence-electron chi connectivity index (χ1n) is 4.25. The van der Waals surface area contributed by atoms with E-state index >= 15 is 0 Å². The molecule has 0 aliphatic carbocycles. The molecule has 0 aliphatic heterocycles.